The number of anilines is 1. The molecule has 1 aromatic carbocycles. The first-order valence-corrected chi connectivity index (χ1v) is 14.0. The van der Waals surface area contributed by atoms with Crippen molar-refractivity contribution in [2.75, 3.05) is 5.32 Å². The predicted octanol–water partition coefficient (Wildman–Crippen LogP) is 6.86. The fourth-order valence-electron chi connectivity index (χ4n) is 5.85. The Morgan fingerprint density at radius 1 is 1.18 bits per heavy atom. The smallest absolute Gasteiger partial charge is 0.224 e. The van der Waals surface area contributed by atoms with Gasteiger partial charge in [0, 0.05) is 54.2 Å². The van der Waals surface area contributed by atoms with Crippen LogP contribution in [0.15, 0.2) is 83.1 Å². The van der Waals surface area contributed by atoms with Gasteiger partial charge in [0.1, 0.15) is 11.5 Å². The summed E-state index contributed by atoms with van der Waals surface area (Å²) in [7, 11) is 0. The second-order valence-electron chi connectivity index (χ2n) is 10.8. The summed E-state index contributed by atoms with van der Waals surface area (Å²) in [5.41, 5.74) is 7.76. The third kappa shape index (κ3) is 5.13. The maximum Gasteiger partial charge on any atom is 0.224 e. The Morgan fingerprint density at radius 2 is 2.08 bits per heavy atom. The minimum Gasteiger partial charge on any atom is -0.375 e. The van der Waals surface area contributed by atoms with Crippen LogP contribution in [0.3, 0.4) is 0 Å². The Hall–Kier alpha value is -4.33. The zero-order valence-electron chi connectivity index (χ0n) is 22.7. The van der Waals surface area contributed by atoms with Crippen LogP contribution in [0.4, 0.5) is 10.1 Å². The normalized spacial score (nSPS) is 22.0. The van der Waals surface area contributed by atoms with Crippen LogP contribution in [0.25, 0.3) is 27.7 Å². The highest BCUT2D eigenvalue weighted by atomic mass is 19.1. The number of unbranched alkanes of at least 4 members (excludes halogenated alkanes) is 1. The van der Waals surface area contributed by atoms with Gasteiger partial charge in [-0.15, -0.1) is 0 Å². The van der Waals surface area contributed by atoms with Crippen molar-refractivity contribution < 1.29 is 9.18 Å². The first kappa shape index (κ1) is 25.9. The van der Waals surface area contributed by atoms with E-state index in [0.717, 1.165) is 52.7 Å². The van der Waals surface area contributed by atoms with Crippen molar-refractivity contribution in [2.24, 2.45) is 16.8 Å². The molecule has 204 valence electrons. The number of nitrogens with one attached hydrogen (secondary N) is 3. The number of halogens is 1. The van der Waals surface area contributed by atoms with Gasteiger partial charge in [0.05, 0.1) is 29.1 Å². The van der Waals surface area contributed by atoms with Gasteiger partial charge in [0.2, 0.25) is 5.91 Å². The van der Waals surface area contributed by atoms with Crippen LogP contribution >= 0.6 is 0 Å². The van der Waals surface area contributed by atoms with Crippen LogP contribution in [0, 0.1) is 11.8 Å². The molecule has 0 saturated carbocycles. The van der Waals surface area contributed by atoms with E-state index >= 15 is 0 Å². The molecule has 7 nitrogen and oxygen atoms in total. The monoisotopic (exact) mass is 536 g/mol. The Bertz CT molecular complexity index is 1610. The molecule has 3 unspecified atom stereocenters. The molecule has 0 fully saturated rings. The number of carbonyl (C=O) groups is 1. The summed E-state index contributed by atoms with van der Waals surface area (Å²) in [6.45, 7) is 4.21. The average molecular weight is 537 g/mol. The largest absolute Gasteiger partial charge is 0.375 e. The molecule has 3 aromatic rings. The molecule has 1 amide bonds. The number of amides is 1. The zero-order valence-corrected chi connectivity index (χ0v) is 22.7. The molecule has 0 radical (unpaired) electrons. The van der Waals surface area contributed by atoms with Crippen molar-refractivity contribution in [1.82, 2.24) is 20.5 Å². The van der Waals surface area contributed by atoms with E-state index in [0.29, 0.717) is 18.5 Å². The van der Waals surface area contributed by atoms with Gasteiger partial charge in [-0.05, 0) is 60.8 Å². The second-order valence-corrected chi connectivity index (χ2v) is 10.8. The van der Waals surface area contributed by atoms with E-state index < -0.39 is 0 Å². The Kier molecular flexibility index (Phi) is 7.15. The number of carbonyl (C=O) groups excluding carboxylic acids is 1. The minimum absolute atomic E-state index is 0.00262. The highest BCUT2D eigenvalue weighted by Crippen LogP contribution is 2.41. The number of fused-ring (bicyclic) bond motifs is 2. The molecule has 3 N–H and O–H groups in total. The number of hydrogen-bond acceptors (Lipinski definition) is 5. The van der Waals surface area contributed by atoms with E-state index in [2.05, 4.69) is 51.7 Å². The quantitative estimate of drug-likeness (QED) is 0.307. The molecule has 6 rings (SSSR count). The molecule has 0 spiro atoms. The van der Waals surface area contributed by atoms with Crippen molar-refractivity contribution in [3.8, 4) is 11.1 Å². The lowest BCUT2D eigenvalue weighted by atomic mass is 9.75. The SMILES string of the molecule is CCCCC(=O)Nc1cncc(-c2ccc3[nH]nc(C4=C(C)CC5C(C6C=CC=C(F)C6)=CN=CC5N4)c3c2)c1. The van der Waals surface area contributed by atoms with Gasteiger partial charge in [-0.3, -0.25) is 19.9 Å². The van der Waals surface area contributed by atoms with Gasteiger partial charge >= 0.3 is 0 Å². The van der Waals surface area contributed by atoms with Gasteiger partial charge in [-0.25, -0.2) is 4.39 Å². The summed E-state index contributed by atoms with van der Waals surface area (Å²) in [6, 6.07) is 8.13. The number of pyridine rings is 1. The molecular formula is C32H33FN6O. The molecule has 3 atom stereocenters. The van der Waals surface area contributed by atoms with Crippen molar-refractivity contribution in [3.63, 3.8) is 0 Å². The Balaban J connectivity index is 1.28. The third-order valence-corrected chi connectivity index (χ3v) is 7.97. The number of aliphatic imine (C=N–C) groups is 1. The van der Waals surface area contributed by atoms with Crippen LogP contribution in [0.1, 0.15) is 51.6 Å². The number of hydrogen-bond donors (Lipinski definition) is 3. The summed E-state index contributed by atoms with van der Waals surface area (Å²) in [5, 5.41) is 15.5. The zero-order chi connectivity index (χ0) is 27.6. The Labute approximate surface area is 233 Å². The topological polar surface area (TPSA) is 95.1 Å². The van der Waals surface area contributed by atoms with Crippen molar-refractivity contribution in [1.29, 1.82) is 0 Å². The Morgan fingerprint density at radius 3 is 2.92 bits per heavy atom. The highest BCUT2D eigenvalue weighted by Gasteiger charge is 2.36. The van der Waals surface area contributed by atoms with E-state index in [1.54, 1.807) is 18.5 Å². The van der Waals surface area contributed by atoms with Crippen LogP contribution in [0.2, 0.25) is 0 Å². The fourth-order valence-corrected chi connectivity index (χ4v) is 5.85. The van der Waals surface area contributed by atoms with Crippen molar-refractivity contribution in [3.05, 3.63) is 83.8 Å². The first-order valence-electron chi connectivity index (χ1n) is 14.0. The van der Waals surface area contributed by atoms with Crippen LogP contribution < -0.4 is 10.6 Å². The van der Waals surface area contributed by atoms with Gasteiger partial charge in [0.15, 0.2) is 0 Å². The van der Waals surface area contributed by atoms with Gasteiger partial charge in [0.25, 0.3) is 0 Å². The molecule has 2 aromatic heterocycles. The van der Waals surface area contributed by atoms with Crippen LogP contribution in [-0.2, 0) is 4.79 Å². The molecule has 3 aliphatic rings. The van der Waals surface area contributed by atoms with E-state index in [9.17, 15) is 9.18 Å². The summed E-state index contributed by atoms with van der Waals surface area (Å²) < 4.78 is 14.0. The lowest BCUT2D eigenvalue weighted by Gasteiger charge is -2.38. The van der Waals surface area contributed by atoms with E-state index in [4.69, 9.17) is 5.10 Å². The number of nitrogens with zero attached hydrogens (tertiary/aromatic N) is 3. The summed E-state index contributed by atoms with van der Waals surface area (Å²) in [5.74, 6) is 0.155. The number of aromatic amines is 1. The third-order valence-electron chi connectivity index (χ3n) is 7.97. The number of rotatable bonds is 7. The summed E-state index contributed by atoms with van der Waals surface area (Å²) in [4.78, 5) is 21.1. The summed E-state index contributed by atoms with van der Waals surface area (Å²) >= 11 is 0. The lowest BCUT2D eigenvalue weighted by molar-refractivity contribution is -0.116. The number of benzene rings is 1. The minimum atomic E-state index is -0.0883. The molecule has 1 aliphatic carbocycles. The van der Waals surface area contributed by atoms with Crippen molar-refractivity contribution >= 4 is 34.4 Å². The highest BCUT2D eigenvalue weighted by molar-refractivity contribution is 5.95. The molecule has 2 aliphatic heterocycles. The molecule has 0 bridgehead atoms. The molecule has 0 saturated heterocycles. The second kappa shape index (κ2) is 11.0. The lowest BCUT2D eigenvalue weighted by Crippen LogP contribution is -2.43. The van der Waals surface area contributed by atoms with E-state index in [1.807, 2.05) is 30.6 Å². The van der Waals surface area contributed by atoms with Crippen molar-refractivity contribution in [2.45, 2.75) is 52.0 Å². The molecule has 40 heavy (non-hydrogen) atoms. The van der Waals surface area contributed by atoms with Gasteiger partial charge in [-0.2, -0.15) is 5.10 Å². The molecule has 4 heterocycles. The number of allylic oxidation sites excluding steroid dienone is 5. The number of H-pyrrole nitrogens is 1. The summed E-state index contributed by atoms with van der Waals surface area (Å²) in [6.07, 6.45) is 16.3. The first-order chi connectivity index (χ1) is 19.5. The maximum atomic E-state index is 14.0. The van der Waals surface area contributed by atoms with Crippen LogP contribution in [-0.4, -0.2) is 33.3 Å². The standard InChI is InChI=1S/C32H33FN6O/c1-3-4-8-30(40)36-24-13-22(15-34-16-24)20-9-10-28-26(14-20)32(39-38-28)31-19(2)11-25-27(17-35-18-29(25)37-31)21-6-5-7-23(33)12-21/h5-7,9-10,13-18,21,25,29,37H,3-4,8,11-12H2,1-2H3,(H,36,40)(H,38,39). The van der Waals surface area contributed by atoms with Gasteiger partial charge < -0.3 is 10.6 Å². The number of aromatic nitrogens is 3. The van der Waals surface area contributed by atoms with Crippen LogP contribution in [0.5, 0.6) is 0 Å². The predicted molar refractivity (Wildman–Crippen MR) is 158 cm³/mol. The van der Waals surface area contributed by atoms with E-state index in [-0.39, 0.29) is 29.6 Å². The average Bonchev–Trinajstić information content (AvgIpc) is 3.38. The van der Waals surface area contributed by atoms with E-state index in [1.165, 1.54) is 17.2 Å². The maximum absolute atomic E-state index is 14.0. The van der Waals surface area contributed by atoms with Gasteiger partial charge in [-0.1, -0.05) is 31.6 Å². The molecular weight excluding hydrogens is 503 g/mol. The fraction of sp³-hybridized carbons (Fsp3) is 0.312. The molecule has 8 heteroatoms.